The van der Waals surface area contributed by atoms with Crippen LogP contribution in [0.2, 0.25) is 0 Å². The van der Waals surface area contributed by atoms with Gasteiger partial charge in [0.1, 0.15) is 0 Å². The zero-order chi connectivity index (χ0) is 14.3. The minimum absolute atomic E-state index is 0.562. The van der Waals surface area contributed by atoms with Crippen molar-refractivity contribution < 1.29 is 0 Å². The van der Waals surface area contributed by atoms with Crippen LogP contribution < -0.4 is 5.32 Å². The maximum Gasteiger partial charge on any atom is 0.0107 e. The van der Waals surface area contributed by atoms with Gasteiger partial charge in [-0.1, -0.05) is 27.7 Å². The Morgan fingerprint density at radius 3 is 2.47 bits per heavy atom. The quantitative estimate of drug-likeness (QED) is 0.753. The zero-order valence-corrected chi connectivity index (χ0v) is 14.0. The Kier molecular flexibility index (Phi) is 7.38. The minimum Gasteiger partial charge on any atom is -0.313 e. The van der Waals surface area contributed by atoms with Gasteiger partial charge in [-0.3, -0.25) is 0 Å². The van der Waals surface area contributed by atoms with E-state index < -0.39 is 0 Å². The molecule has 0 aliphatic carbocycles. The molecule has 0 spiro atoms. The molecule has 19 heavy (non-hydrogen) atoms. The molecule has 0 aromatic carbocycles. The Morgan fingerprint density at radius 1 is 1.05 bits per heavy atom. The van der Waals surface area contributed by atoms with Gasteiger partial charge in [0.05, 0.1) is 0 Å². The van der Waals surface area contributed by atoms with Gasteiger partial charge >= 0.3 is 0 Å². The third kappa shape index (κ3) is 7.94. The van der Waals surface area contributed by atoms with E-state index in [1.165, 1.54) is 51.7 Å². The number of rotatable bonds is 7. The molecule has 1 unspecified atom stereocenters. The largest absolute Gasteiger partial charge is 0.313 e. The molecule has 0 aromatic heterocycles. The van der Waals surface area contributed by atoms with Crippen LogP contribution in [-0.2, 0) is 0 Å². The average Bonchev–Trinajstić information content (AvgIpc) is 2.48. The Balaban J connectivity index is 2.12. The lowest BCUT2D eigenvalue weighted by molar-refractivity contribution is 0.258. The van der Waals surface area contributed by atoms with Crippen LogP contribution in [0.5, 0.6) is 0 Å². The van der Waals surface area contributed by atoms with E-state index in [1.807, 2.05) is 0 Å². The first-order valence-corrected chi connectivity index (χ1v) is 8.35. The molecule has 0 radical (unpaired) electrons. The van der Waals surface area contributed by atoms with Gasteiger partial charge in [-0.2, -0.15) is 0 Å². The fraction of sp³-hybridized carbons (Fsp3) is 1.00. The van der Waals surface area contributed by atoms with Crippen LogP contribution in [0.3, 0.4) is 0 Å². The predicted molar refractivity (Wildman–Crippen MR) is 85.6 cm³/mol. The Hall–Kier alpha value is -0.0800. The van der Waals surface area contributed by atoms with Crippen molar-refractivity contribution in [2.75, 3.05) is 26.2 Å². The molecule has 1 aliphatic rings. The third-order valence-electron chi connectivity index (χ3n) is 4.53. The number of nitrogens with zero attached hydrogens (tertiary/aromatic N) is 1. The van der Waals surface area contributed by atoms with E-state index in [1.54, 1.807) is 0 Å². The molecule has 0 bridgehead atoms. The first kappa shape index (κ1) is 17.0. The summed E-state index contributed by atoms with van der Waals surface area (Å²) in [6.45, 7) is 16.7. The highest BCUT2D eigenvalue weighted by molar-refractivity contribution is 4.76. The summed E-state index contributed by atoms with van der Waals surface area (Å²) in [5.41, 5.74) is 0.562. The van der Waals surface area contributed by atoms with E-state index in [9.17, 15) is 0 Å². The molecule has 0 amide bonds. The van der Waals surface area contributed by atoms with Crippen LogP contribution in [0.15, 0.2) is 0 Å². The first-order valence-electron chi connectivity index (χ1n) is 8.35. The maximum absolute atomic E-state index is 3.68. The smallest absolute Gasteiger partial charge is 0.0107 e. The first-order chi connectivity index (χ1) is 8.89. The maximum atomic E-state index is 3.68. The van der Waals surface area contributed by atoms with Gasteiger partial charge in [0.2, 0.25) is 0 Å². The molecule has 114 valence electrons. The van der Waals surface area contributed by atoms with Crippen molar-refractivity contribution in [3.63, 3.8) is 0 Å². The molecule has 1 heterocycles. The van der Waals surface area contributed by atoms with E-state index in [2.05, 4.69) is 44.8 Å². The molecule has 1 saturated heterocycles. The second kappa shape index (κ2) is 8.26. The number of hydrogen-bond donors (Lipinski definition) is 1. The zero-order valence-electron chi connectivity index (χ0n) is 14.0. The summed E-state index contributed by atoms with van der Waals surface area (Å²) in [7, 11) is 0. The Bertz CT molecular complexity index is 235. The summed E-state index contributed by atoms with van der Waals surface area (Å²) >= 11 is 0. The van der Waals surface area contributed by atoms with E-state index >= 15 is 0 Å². The Morgan fingerprint density at radius 2 is 1.79 bits per heavy atom. The highest BCUT2D eigenvalue weighted by Crippen LogP contribution is 2.29. The summed E-state index contributed by atoms with van der Waals surface area (Å²) in [5.74, 6) is 0.831. The summed E-state index contributed by atoms with van der Waals surface area (Å²) in [5, 5.41) is 3.68. The molecule has 1 rings (SSSR count). The van der Waals surface area contributed by atoms with Gasteiger partial charge in [0.25, 0.3) is 0 Å². The summed E-state index contributed by atoms with van der Waals surface area (Å²) < 4.78 is 0. The molecule has 1 fully saturated rings. The molecular weight excluding hydrogens is 232 g/mol. The predicted octanol–water partition coefficient (Wildman–Crippen LogP) is 3.91. The monoisotopic (exact) mass is 268 g/mol. The lowest BCUT2D eigenvalue weighted by atomic mass is 9.85. The molecule has 0 aromatic rings. The van der Waals surface area contributed by atoms with Gasteiger partial charge < -0.3 is 10.2 Å². The second-order valence-electron chi connectivity index (χ2n) is 7.69. The molecule has 0 saturated carbocycles. The van der Waals surface area contributed by atoms with E-state index in [0.29, 0.717) is 11.5 Å². The van der Waals surface area contributed by atoms with Crippen LogP contribution in [0.1, 0.15) is 66.7 Å². The highest BCUT2D eigenvalue weighted by Gasteiger charge is 2.22. The molecule has 1 N–H and O–H groups in total. The SMILES string of the molecule is CC(C)CCC(C)NCCN1CCCC(C)(C)CC1. The van der Waals surface area contributed by atoms with Crippen LogP contribution >= 0.6 is 0 Å². The fourth-order valence-electron chi connectivity index (χ4n) is 2.86. The van der Waals surface area contributed by atoms with Gasteiger partial charge in [0.15, 0.2) is 0 Å². The highest BCUT2D eigenvalue weighted by atomic mass is 15.1. The molecule has 2 heteroatoms. The van der Waals surface area contributed by atoms with Crippen molar-refractivity contribution in [3.05, 3.63) is 0 Å². The van der Waals surface area contributed by atoms with Crippen LogP contribution in [-0.4, -0.2) is 37.1 Å². The third-order valence-corrected chi connectivity index (χ3v) is 4.53. The summed E-state index contributed by atoms with van der Waals surface area (Å²) in [6.07, 6.45) is 6.77. The normalized spacial score (nSPS) is 22.4. The minimum atomic E-state index is 0.562. The van der Waals surface area contributed by atoms with Gasteiger partial charge in [-0.25, -0.2) is 0 Å². The van der Waals surface area contributed by atoms with Crippen molar-refractivity contribution in [1.29, 1.82) is 0 Å². The van der Waals surface area contributed by atoms with Crippen LogP contribution in [0.25, 0.3) is 0 Å². The fourth-order valence-corrected chi connectivity index (χ4v) is 2.86. The van der Waals surface area contributed by atoms with Crippen molar-refractivity contribution in [1.82, 2.24) is 10.2 Å². The van der Waals surface area contributed by atoms with Crippen molar-refractivity contribution in [2.24, 2.45) is 11.3 Å². The van der Waals surface area contributed by atoms with Crippen LogP contribution in [0.4, 0.5) is 0 Å². The standard InChI is InChI=1S/C17H36N2/c1-15(2)7-8-16(3)18-11-14-19-12-6-9-17(4,5)10-13-19/h15-16,18H,6-14H2,1-5H3. The van der Waals surface area contributed by atoms with Crippen LogP contribution in [0, 0.1) is 11.3 Å². The number of nitrogens with one attached hydrogen (secondary N) is 1. The van der Waals surface area contributed by atoms with Crippen molar-refractivity contribution in [3.8, 4) is 0 Å². The molecule has 1 atom stereocenters. The van der Waals surface area contributed by atoms with Gasteiger partial charge in [-0.05, 0) is 63.5 Å². The average molecular weight is 268 g/mol. The molecule has 1 aliphatic heterocycles. The summed E-state index contributed by atoms with van der Waals surface area (Å²) in [6, 6.07) is 0.672. The number of hydrogen-bond acceptors (Lipinski definition) is 2. The lowest BCUT2D eigenvalue weighted by Gasteiger charge is -2.24. The van der Waals surface area contributed by atoms with E-state index in [-0.39, 0.29) is 0 Å². The summed E-state index contributed by atoms with van der Waals surface area (Å²) in [4.78, 5) is 2.65. The van der Waals surface area contributed by atoms with E-state index in [4.69, 9.17) is 0 Å². The topological polar surface area (TPSA) is 15.3 Å². The van der Waals surface area contributed by atoms with Crippen molar-refractivity contribution in [2.45, 2.75) is 72.8 Å². The lowest BCUT2D eigenvalue weighted by Crippen LogP contribution is -2.36. The van der Waals surface area contributed by atoms with Crippen molar-refractivity contribution >= 4 is 0 Å². The van der Waals surface area contributed by atoms with Gasteiger partial charge in [-0.15, -0.1) is 0 Å². The Labute approximate surface area is 121 Å². The van der Waals surface area contributed by atoms with Gasteiger partial charge in [0, 0.05) is 19.1 Å². The molecule has 2 nitrogen and oxygen atoms in total. The molecular formula is C17H36N2. The second-order valence-corrected chi connectivity index (χ2v) is 7.69. The number of likely N-dealkylation sites (tertiary alicyclic amines) is 1. The van der Waals surface area contributed by atoms with E-state index in [0.717, 1.165) is 12.5 Å².